The van der Waals surface area contributed by atoms with Crippen molar-refractivity contribution in [2.24, 2.45) is 0 Å². The highest BCUT2D eigenvalue weighted by molar-refractivity contribution is 5.90. The number of para-hydroxylation sites is 1. The number of amides is 2. The number of carbonyl (C=O) groups excluding carboxylic acids is 1. The van der Waals surface area contributed by atoms with Gasteiger partial charge in [0.25, 0.3) is 0 Å². The van der Waals surface area contributed by atoms with E-state index in [0.29, 0.717) is 12.5 Å². The van der Waals surface area contributed by atoms with Crippen molar-refractivity contribution in [2.45, 2.75) is 37.8 Å². The van der Waals surface area contributed by atoms with Gasteiger partial charge in [0.05, 0.1) is 24.4 Å². The molecule has 2 aliphatic heterocycles. The Kier molecular flexibility index (Phi) is 5.85. The van der Waals surface area contributed by atoms with Crippen LogP contribution in [-0.4, -0.2) is 72.8 Å². The molecule has 1 aromatic carbocycles. The molecule has 5 heterocycles. The molecule has 3 aromatic heterocycles. The lowest BCUT2D eigenvalue weighted by molar-refractivity contribution is -0.0399. The quantitative estimate of drug-likeness (QED) is 0.435. The standard InChI is InChI=1S/C27H29N9O/c1-19-4-2-3-5-23(19)33-26(37)34-12-7-21(8-13-34)35-16-27(17-35,9-10-28)36-15-20(14-32-36)24-22-6-11-29-25(22)31-18-30-24/h2-6,11,14-15,18,21H,7-9,12-13,16-17H2,1H3,(H,33,37)(H,29,30,31). The van der Waals surface area contributed by atoms with E-state index in [1.807, 2.05) is 65.4 Å². The Morgan fingerprint density at radius 1 is 1.22 bits per heavy atom. The van der Waals surface area contributed by atoms with Crippen molar-refractivity contribution in [2.75, 3.05) is 31.5 Å². The number of fused-ring (bicyclic) bond motifs is 1. The number of likely N-dealkylation sites (tertiary alicyclic amines) is 2. The molecule has 10 heteroatoms. The third-order valence-electron chi connectivity index (χ3n) is 7.75. The van der Waals surface area contributed by atoms with Crippen molar-refractivity contribution >= 4 is 22.8 Å². The molecule has 10 nitrogen and oxygen atoms in total. The Morgan fingerprint density at radius 3 is 2.81 bits per heavy atom. The van der Waals surface area contributed by atoms with Crippen LogP contribution in [0.15, 0.2) is 55.2 Å². The summed E-state index contributed by atoms with van der Waals surface area (Å²) in [6.07, 6.45) is 9.46. The van der Waals surface area contributed by atoms with Gasteiger partial charge >= 0.3 is 6.03 Å². The number of urea groups is 1. The lowest BCUT2D eigenvalue weighted by atomic mass is 9.84. The summed E-state index contributed by atoms with van der Waals surface area (Å²) in [5.74, 6) is 0. The highest BCUT2D eigenvalue weighted by Gasteiger charge is 2.48. The van der Waals surface area contributed by atoms with E-state index in [2.05, 4.69) is 36.3 Å². The topological polar surface area (TPSA) is 119 Å². The molecule has 2 saturated heterocycles. The van der Waals surface area contributed by atoms with Gasteiger partial charge in [0.2, 0.25) is 0 Å². The van der Waals surface area contributed by atoms with E-state index >= 15 is 0 Å². The SMILES string of the molecule is Cc1ccccc1NC(=O)N1CCC(N2CC(CC#N)(n3cc(-c4ncnc5[nH]ccc45)cn3)C2)CC1. The Bertz CT molecular complexity index is 1470. The Morgan fingerprint density at radius 2 is 2.03 bits per heavy atom. The third kappa shape index (κ3) is 4.21. The first-order valence-electron chi connectivity index (χ1n) is 12.6. The van der Waals surface area contributed by atoms with Crippen LogP contribution in [0.2, 0.25) is 0 Å². The minimum atomic E-state index is -0.351. The van der Waals surface area contributed by atoms with Gasteiger partial charge in [0.15, 0.2) is 0 Å². The van der Waals surface area contributed by atoms with Crippen molar-refractivity contribution < 1.29 is 4.79 Å². The number of anilines is 1. The van der Waals surface area contributed by atoms with Crippen LogP contribution in [0.5, 0.6) is 0 Å². The second-order valence-corrected chi connectivity index (χ2v) is 10.1. The van der Waals surface area contributed by atoms with Gasteiger partial charge in [-0.05, 0) is 37.5 Å². The fourth-order valence-electron chi connectivity index (χ4n) is 5.60. The summed E-state index contributed by atoms with van der Waals surface area (Å²) in [7, 11) is 0. The Balaban J connectivity index is 1.10. The number of rotatable bonds is 5. The number of aromatic nitrogens is 5. The van der Waals surface area contributed by atoms with Crippen molar-refractivity contribution in [3.05, 3.63) is 60.8 Å². The van der Waals surface area contributed by atoms with Gasteiger partial charge in [-0.25, -0.2) is 14.8 Å². The highest BCUT2D eigenvalue weighted by atomic mass is 16.2. The van der Waals surface area contributed by atoms with Gasteiger partial charge in [-0.3, -0.25) is 9.58 Å². The Labute approximate surface area is 214 Å². The smallest absolute Gasteiger partial charge is 0.321 e. The molecule has 0 bridgehead atoms. The third-order valence-corrected chi connectivity index (χ3v) is 7.75. The summed E-state index contributed by atoms with van der Waals surface area (Å²) >= 11 is 0. The fraction of sp³-hybridized carbons (Fsp3) is 0.370. The van der Waals surface area contributed by atoms with Crippen LogP contribution in [0.4, 0.5) is 10.5 Å². The molecule has 0 unspecified atom stereocenters. The minimum absolute atomic E-state index is 0.0412. The number of aromatic amines is 1. The number of benzene rings is 1. The first-order chi connectivity index (χ1) is 18.1. The average molecular weight is 496 g/mol. The van der Waals surface area contributed by atoms with E-state index in [0.717, 1.165) is 72.6 Å². The van der Waals surface area contributed by atoms with Crippen LogP contribution in [-0.2, 0) is 5.54 Å². The number of aryl methyl sites for hydroxylation is 1. The van der Waals surface area contributed by atoms with E-state index < -0.39 is 0 Å². The average Bonchev–Trinajstić information content (AvgIpc) is 3.58. The monoisotopic (exact) mass is 495 g/mol. The van der Waals surface area contributed by atoms with Crippen LogP contribution < -0.4 is 5.32 Å². The molecular formula is C27H29N9O. The second kappa shape index (κ2) is 9.33. The van der Waals surface area contributed by atoms with Gasteiger partial charge in [0, 0.05) is 61.3 Å². The van der Waals surface area contributed by atoms with Crippen molar-refractivity contribution in [1.82, 2.24) is 34.5 Å². The van der Waals surface area contributed by atoms with Gasteiger partial charge in [-0.15, -0.1) is 0 Å². The van der Waals surface area contributed by atoms with Gasteiger partial charge < -0.3 is 15.2 Å². The number of H-pyrrole nitrogens is 1. The molecule has 0 saturated carbocycles. The number of piperidine rings is 1. The highest BCUT2D eigenvalue weighted by Crippen LogP contribution is 2.37. The molecule has 6 rings (SSSR count). The maximum absolute atomic E-state index is 12.8. The molecule has 4 aromatic rings. The van der Waals surface area contributed by atoms with Crippen LogP contribution in [0.25, 0.3) is 22.3 Å². The van der Waals surface area contributed by atoms with E-state index in [-0.39, 0.29) is 11.6 Å². The first-order valence-corrected chi connectivity index (χ1v) is 12.6. The van der Waals surface area contributed by atoms with E-state index in [4.69, 9.17) is 0 Å². The summed E-state index contributed by atoms with van der Waals surface area (Å²) in [5.41, 5.74) is 4.10. The molecule has 188 valence electrons. The number of nitrogens with zero attached hydrogens (tertiary/aromatic N) is 7. The molecular weight excluding hydrogens is 466 g/mol. The molecule has 0 radical (unpaired) electrons. The summed E-state index contributed by atoms with van der Waals surface area (Å²) in [5, 5.41) is 18.3. The van der Waals surface area contributed by atoms with Crippen LogP contribution in [0, 0.1) is 18.3 Å². The molecule has 2 aliphatic rings. The van der Waals surface area contributed by atoms with Crippen LogP contribution in [0.1, 0.15) is 24.8 Å². The fourth-order valence-corrected chi connectivity index (χ4v) is 5.60. The van der Waals surface area contributed by atoms with Gasteiger partial charge in [-0.2, -0.15) is 10.4 Å². The number of nitriles is 1. The minimum Gasteiger partial charge on any atom is -0.346 e. The van der Waals surface area contributed by atoms with Crippen molar-refractivity contribution in [3.63, 3.8) is 0 Å². The predicted octanol–water partition coefficient (Wildman–Crippen LogP) is 3.75. The van der Waals surface area contributed by atoms with E-state index in [1.165, 1.54) is 0 Å². The number of hydrogen-bond acceptors (Lipinski definition) is 6. The molecule has 2 fully saturated rings. The van der Waals surface area contributed by atoms with Crippen LogP contribution in [0.3, 0.4) is 0 Å². The molecule has 2 amide bonds. The summed E-state index contributed by atoms with van der Waals surface area (Å²) < 4.78 is 1.95. The number of hydrogen-bond donors (Lipinski definition) is 2. The summed E-state index contributed by atoms with van der Waals surface area (Å²) in [6.45, 7) is 4.97. The van der Waals surface area contributed by atoms with Crippen molar-refractivity contribution in [1.29, 1.82) is 5.26 Å². The first kappa shape index (κ1) is 23.2. The van der Waals surface area contributed by atoms with Gasteiger partial charge in [0.1, 0.15) is 17.5 Å². The summed E-state index contributed by atoms with van der Waals surface area (Å²) in [4.78, 5) is 29.0. The van der Waals surface area contributed by atoms with E-state index in [1.54, 1.807) is 6.33 Å². The molecule has 0 atom stereocenters. The number of carbonyl (C=O) groups is 1. The van der Waals surface area contributed by atoms with Crippen LogP contribution >= 0.6 is 0 Å². The summed E-state index contributed by atoms with van der Waals surface area (Å²) in [6, 6.07) is 12.5. The molecule has 0 spiro atoms. The van der Waals surface area contributed by atoms with Crippen molar-refractivity contribution in [3.8, 4) is 17.3 Å². The molecule has 2 N–H and O–H groups in total. The lowest BCUT2D eigenvalue weighted by Crippen LogP contribution is -2.66. The predicted molar refractivity (Wildman–Crippen MR) is 140 cm³/mol. The Hall–Kier alpha value is -4.23. The maximum Gasteiger partial charge on any atom is 0.321 e. The van der Waals surface area contributed by atoms with Gasteiger partial charge in [-0.1, -0.05) is 18.2 Å². The lowest BCUT2D eigenvalue weighted by Gasteiger charge is -2.53. The maximum atomic E-state index is 12.8. The number of nitrogens with one attached hydrogen (secondary N) is 2. The van der Waals surface area contributed by atoms with E-state index in [9.17, 15) is 10.1 Å². The normalized spacial score (nSPS) is 17.9. The molecule has 0 aliphatic carbocycles. The zero-order valence-corrected chi connectivity index (χ0v) is 20.8. The zero-order chi connectivity index (χ0) is 25.4. The zero-order valence-electron chi connectivity index (χ0n) is 20.8. The largest absolute Gasteiger partial charge is 0.346 e. The molecule has 37 heavy (non-hydrogen) atoms. The second-order valence-electron chi connectivity index (χ2n) is 10.1.